The summed E-state index contributed by atoms with van der Waals surface area (Å²) in [7, 11) is 0. The van der Waals surface area contributed by atoms with Gasteiger partial charge < -0.3 is 4.90 Å². The van der Waals surface area contributed by atoms with E-state index in [1.165, 1.54) is 35.2 Å². The summed E-state index contributed by atoms with van der Waals surface area (Å²) < 4.78 is 16.0. The van der Waals surface area contributed by atoms with E-state index in [-0.39, 0.29) is 27.8 Å². The van der Waals surface area contributed by atoms with Gasteiger partial charge in [0, 0.05) is 19.3 Å². The molecule has 158 valence electrons. The number of halogens is 3. The Morgan fingerprint density at radius 2 is 1.87 bits per heavy atom. The van der Waals surface area contributed by atoms with Crippen molar-refractivity contribution in [1.29, 1.82) is 5.26 Å². The van der Waals surface area contributed by atoms with Gasteiger partial charge in [-0.15, -0.1) is 0 Å². The predicted octanol–water partition coefficient (Wildman–Crippen LogP) is 3.63. The van der Waals surface area contributed by atoms with Crippen molar-refractivity contribution in [3.05, 3.63) is 73.4 Å². The molecule has 0 atom stereocenters. The van der Waals surface area contributed by atoms with Crippen molar-refractivity contribution in [3.63, 3.8) is 0 Å². The van der Waals surface area contributed by atoms with Crippen LogP contribution in [-0.2, 0) is 6.54 Å². The van der Waals surface area contributed by atoms with Crippen molar-refractivity contribution in [1.82, 2.24) is 14.1 Å². The summed E-state index contributed by atoms with van der Waals surface area (Å²) in [6, 6.07) is 7.36. The number of aromatic nitrogens is 3. The second-order valence-electron chi connectivity index (χ2n) is 7.05. The maximum absolute atomic E-state index is 13.8. The minimum absolute atomic E-state index is 0.152. The summed E-state index contributed by atoms with van der Waals surface area (Å²) in [5.41, 5.74) is -0.661. The van der Waals surface area contributed by atoms with Crippen LogP contribution in [0.2, 0.25) is 10.0 Å². The first-order valence-corrected chi connectivity index (χ1v) is 10.3. The highest BCUT2D eigenvalue weighted by Crippen LogP contribution is 2.32. The number of nitriles is 1. The first-order valence-electron chi connectivity index (χ1n) is 9.50. The van der Waals surface area contributed by atoms with Gasteiger partial charge in [-0.3, -0.25) is 14.3 Å². The Morgan fingerprint density at radius 3 is 2.52 bits per heavy atom. The molecule has 7 nitrogen and oxygen atoms in total. The molecular formula is C21H16Cl2FN5O2. The molecule has 0 bridgehead atoms. The average Bonchev–Trinajstić information content (AvgIpc) is 3.27. The third-order valence-corrected chi connectivity index (χ3v) is 5.61. The Balaban J connectivity index is 2.14. The van der Waals surface area contributed by atoms with E-state index < -0.39 is 17.1 Å². The van der Waals surface area contributed by atoms with Gasteiger partial charge in [0.2, 0.25) is 0 Å². The summed E-state index contributed by atoms with van der Waals surface area (Å²) in [6.45, 7) is 0.963. The van der Waals surface area contributed by atoms with Crippen LogP contribution in [0.15, 0.2) is 46.2 Å². The summed E-state index contributed by atoms with van der Waals surface area (Å²) >= 11 is 12.0. The maximum Gasteiger partial charge on any atom is 0.338 e. The topological polar surface area (TPSA) is 83.9 Å². The molecule has 0 N–H and O–H groups in total. The molecule has 0 amide bonds. The molecular weight excluding hydrogens is 444 g/mol. The third kappa shape index (κ3) is 3.82. The Bertz CT molecular complexity index is 1320. The summed E-state index contributed by atoms with van der Waals surface area (Å²) in [5, 5.41) is 9.50. The highest BCUT2D eigenvalue weighted by molar-refractivity contribution is 6.31. The number of anilines is 1. The highest BCUT2D eigenvalue weighted by Gasteiger charge is 2.27. The van der Waals surface area contributed by atoms with Gasteiger partial charge in [-0.1, -0.05) is 29.3 Å². The Kier molecular flexibility index (Phi) is 5.81. The summed E-state index contributed by atoms with van der Waals surface area (Å²) in [5.74, 6) is -0.305. The van der Waals surface area contributed by atoms with Crippen LogP contribution < -0.4 is 16.1 Å². The maximum atomic E-state index is 13.8. The molecule has 0 aliphatic carbocycles. The molecule has 4 rings (SSSR count). The van der Waals surface area contributed by atoms with Gasteiger partial charge in [-0.05, 0) is 36.6 Å². The van der Waals surface area contributed by atoms with E-state index in [2.05, 4.69) is 4.98 Å². The van der Waals surface area contributed by atoms with Crippen molar-refractivity contribution in [2.24, 2.45) is 0 Å². The smallest absolute Gasteiger partial charge is 0.338 e. The van der Waals surface area contributed by atoms with Gasteiger partial charge in [0.15, 0.2) is 0 Å². The fourth-order valence-corrected chi connectivity index (χ4v) is 4.12. The Hall–Kier alpha value is -3.15. The standard InChI is InChI=1S/C21H16Cl2FN5O2/c22-14-10-15(12-26-11-14)29-20(30)18(13-3-4-17(24)16(23)9-13)19(27-6-1-2-7-27)28(8-5-25)21(29)31/h3-4,9-12H,1-2,6-8H2. The first kappa shape index (κ1) is 21.1. The SMILES string of the molecule is N#CCn1c(N2CCCC2)c(-c2ccc(F)c(Cl)c2)c(=O)n(-c2cncc(Cl)c2)c1=O. The molecule has 1 aliphatic heterocycles. The van der Waals surface area contributed by atoms with E-state index in [9.17, 15) is 19.2 Å². The molecule has 0 unspecified atom stereocenters. The zero-order valence-corrected chi connectivity index (χ0v) is 17.7. The van der Waals surface area contributed by atoms with Crippen molar-refractivity contribution < 1.29 is 4.39 Å². The number of hydrogen-bond donors (Lipinski definition) is 0. The monoisotopic (exact) mass is 459 g/mol. The lowest BCUT2D eigenvalue weighted by Crippen LogP contribution is -2.43. The number of pyridine rings is 1. The largest absolute Gasteiger partial charge is 0.357 e. The van der Waals surface area contributed by atoms with Crippen molar-refractivity contribution in [2.75, 3.05) is 18.0 Å². The molecule has 0 radical (unpaired) electrons. The average molecular weight is 460 g/mol. The van der Waals surface area contributed by atoms with Crippen molar-refractivity contribution in [3.8, 4) is 22.9 Å². The van der Waals surface area contributed by atoms with E-state index in [0.717, 1.165) is 23.5 Å². The van der Waals surface area contributed by atoms with Gasteiger partial charge in [0.1, 0.15) is 18.2 Å². The lowest BCUT2D eigenvalue weighted by molar-refractivity contribution is 0.628. The quantitative estimate of drug-likeness (QED) is 0.594. The lowest BCUT2D eigenvalue weighted by Gasteiger charge is -2.25. The molecule has 3 aromatic rings. The number of hydrogen-bond acceptors (Lipinski definition) is 5. The molecule has 0 saturated carbocycles. The lowest BCUT2D eigenvalue weighted by atomic mass is 10.1. The van der Waals surface area contributed by atoms with E-state index in [1.54, 1.807) is 0 Å². The molecule has 10 heteroatoms. The summed E-state index contributed by atoms with van der Waals surface area (Å²) in [6.07, 6.45) is 4.48. The zero-order valence-electron chi connectivity index (χ0n) is 16.2. The fraction of sp³-hybridized carbons (Fsp3) is 0.238. The number of nitrogens with zero attached hydrogens (tertiary/aromatic N) is 5. The van der Waals surface area contributed by atoms with Crippen LogP contribution in [0.25, 0.3) is 16.8 Å². The van der Waals surface area contributed by atoms with Crippen molar-refractivity contribution >= 4 is 29.0 Å². The fourth-order valence-electron chi connectivity index (χ4n) is 3.77. The molecule has 3 heterocycles. The van der Waals surface area contributed by atoms with Gasteiger partial charge in [-0.25, -0.2) is 13.8 Å². The van der Waals surface area contributed by atoms with Crippen LogP contribution in [-0.4, -0.2) is 27.2 Å². The molecule has 1 aromatic carbocycles. The molecule has 1 fully saturated rings. The molecule has 1 saturated heterocycles. The van der Waals surface area contributed by atoms with Gasteiger partial charge >= 0.3 is 5.69 Å². The van der Waals surface area contributed by atoms with Crippen molar-refractivity contribution in [2.45, 2.75) is 19.4 Å². The minimum atomic E-state index is -0.686. The predicted molar refractivity (Wildman–Crippen MR) is 117 cm³/mol. The van der Waals surface area contributed by atoms with Gasteiger partial charge in [0.25, 0.3) is 5.56 Å². The molecule has 2 aromatic heterocycles. The molecule has 31 heavy (non-hydrogen) atoms. The third-order valence-electron chi connectivity index (χ3n) is 5.11. The Morgan fingerprint density at radius 1 is 1.13 bits per heavy atom. The van der Waals surface area contributed by atoms with E-state index in [4.69, 9.17) is 23.2 Å². The number of benzene rings is 1. The van der Waals surface area contributed by atoms with Crippen LogP contribution in [0.1, 0.15) is 12.8 Å². The molecule has 0 spiro atoms. The zero-order chi connectivity index (χ0) is 22.1. The Labute approximate surface area is 186 Å². The van der Waals surface area contributed by atoms with Crippen LogP contribution in [0, 0.1) is 17.1 Å². The van der Waals surface area contributed by atoms with Crippen LogP contribution in [0.5, 0.6) is 0 Å². The minimum Gasteiger partial charge on any atom is -0.357 e. The molecule has 1 aliphatic rings. The van der Waals surface area contributed by atoms with Gasteiger partial charge in [0.05, 0.1) is 33.6 Å². The van der Waals surface area contributed by atoms with Gasteiger partial charge in [-0.2, -0.15) is 5.26 Å². The van der Waals surface area contributed by atoms with E-state index >= 15 is 0 Å². The van der Waals surface area contributed by atoms with E-state index in [1.807, 2.05) is 11.0 Å². The van der Waals surface area contributed by atoms with E-state index in [0.29, 0.717) is 24.5 Å². The summed E-state index contributed by atoms with van der Waals surface area (Å²) in [4.78, 5) is 32.9. The normalized spacial score (nSPS) is 13.4. The number of rotatable bonds is 4. The van der Waals surface area contributed by atoms with Crippen LogP contribution >= 0.6 is 23.2 Å². The second kappa shape index (κ2) is 8.53. The van der Waals surface area contributed by atoms with Crippen LogP contribution in [0.3, 0.4) is 0 Å². The highest BCUT2D eigenvalue weighted by atomic mass is 35.5. The second-order valence-corrected chi connectivity index (χ2v) is 7.89. The van der Waals surface area contributed by atoms with Crippen LogP contribution in [0.4, 0.5) is 10.2 Å². The first-order chi connectivity index (χ1) is 14.9.